The summed E-state index contributed by atoms with van der Waals surface area (Å²) in [6, 6.07) is 24.6. The molecule has 1 fully saturated rings. The van der Waals surface area contributed by atoms with E-state index in [2.05, 4.69) is 83.5 Å². The molecule has 0 bridgehead atoms. The minimum absolute atomic E-state index is 0.327. The molecule has 0 unspecified atom stereocenters. The number of methoxy groups -OCH3 is 2. The Hall–Kier alpha value is -2.98. The van der Waals surface area contributed by atoms with E-state index in [0.717, 1.165) is 37.7 Å². The zero-order chi connectivity index (χ0) is 21.4. The van der Waals surface area contributed by atoms with E-state index in [-0.39, 0.29) is 0 Å². The molecule has 0 spiro atoms. The van der Waals surface area contributed by atoms with Gasteiger partial charge in [0, 0.05) is 30.7 Å². The summed E-state index contributed by atoms with van der Waals surface area (Å²) in [6.07, 6.45) is 1.02. The zero-order valence-corrected chi connectivity index (χ0v) is 18.5. The summed E-state index contributed by atoms with van der Waals surface area (Å²) >= 11 is 0. The lowest BCUT2D eigenvalue weighted by Crippen LogP contribution is -2.52. The third-order valence-electron chi connectivity index (χ3n) is 6.80. The molecule has 0 N–H and O–H groups in total. The smallest absolute Gasteiger partial charge is 0.161 e. The Morgan fingerprint density at radius 3 is 2.29 bits per heavy atom. The Bertz CT molecular complexity index is 1050. The number of fused-ring (bicyclic) bond motifs is 3. The SMILES string of the molecule is COc1cc2c(cc1OC)[C@@H]1[C@H](c3ccccc3)CN(c3ccc(C)cc3)CN1CC2. The van der Waals surface area contributed by atoms with E-state index >= 15 is 0 Å². The third kappa shape index (κ3) is 3.66. The minimum atomic E-state index is 0.327. The highest BCUT2D eigenvalue weighted by Gasteiger charge is 2.40. The lowest BCUT2D eigenvalue weighted by Gasteiger charge is -2.50. The monoisotopic (exact) mass is 414 g/mol. The van der Waals surface area contributed by atoms with Crippen LogP contribution in [-0.4, -0.2) is 38.9 Å². The van der Waals surface area contributed by atoms with E-state index in [1.54, 1.807) is 14.2 Å². The highest BCUT2D eigenvalue weighted by atomic mass is 16.5. The number of ether oxygens (including phenoxy) is 2. The van der Waals surface area contributed by atoms with Gasteiger partial charge in [0.05, 0.1) is 20.9 Å². The molecule has 31 heavy (non-hydrogen) atoms. The normalized spacial score (nSPS) is 20.7. The lowest BCUT2D eigenvalue weighted by atomic mass is 9.79. The van der Waals surface area contributed by atoms with Crippen molar-refractivity contribution in [1.82, 2.24) is 4.90 Å². The van der Waals surface area contributed by atoms with Gasteiger partial charge in [-0.2, -0.15) is 0 Å². The molecule has 160 valence electrons. The molecule has 4 heteroatoms. The zero-order valence-electron chi connectivity index (χ0n) is 18.5. The number of rotatable bonds is 4. The molecule has 2 heterocycles. The molecule has 4 nitrogen and oxygen atoms in total. The standard InChI is InChI=1S/C27H30N2O2/c1-19-9-11-22(12-10-19)29-17-24(20-7-5-4-6-8-20)27-23-16-26(31-3)25(30-2)15-21(23)13-14-28(27)18-29/h4-12,15-16,24,27H,13-14,17-18H2,1-3H3/t24-,27+/m0/s1. The topological polar surface area (TPSA) is 24.9 Å². The van der Waals surface area contributed by atoms with Gasteiger partial charge in [-0.3, -0.25) is 4.90 Å². The van der Waals surface area contributed by atoms with Gasteiger partial charge in [0.25, 0.3) is 0 Å². The first-order valence-corrected chi connectivity index (χ1v) is 11.0. The number of nitrogens with zero attached hydrogens (tertiary/aromatic N) is 2. The number of benzene rings is 3. The Morgan fingerprint density at radius 2 is 1.58 bits per heavy atom. The van der Waals surface area contributed by atoms with Crippen LogP contribution >= 0.6 is 0 Å². The van der Waals surface area contributed by atoms with Gasteiger partial charge in [0.2, 0.25) is 0 Å². The maximum absolute atomic E-state index is 5.67. The molecule has 2 aliphatic rings. The van der Waals surface area contributed by atoms with Crippen LogP contribution in [0.2, 0.25) is 0 Å². The molecule has 2 atom stereocenters. The van der Waals surface area contributed by atoms with Crippen molar-refractivity contribution in [3.05, 3.63) is 89.0 Å². The molecule has 0 radical (unpaired) electrons. The van der Waals surface area contributed by atoms with Crippen molar-refractivity contribution in [1.29, 1.82) is 0 Å². The number of hydrogen-bond donors (Lipinski definition) is 0. The number of anilines is 1. The minimum Gasteiger partial charge on any atom is -0.493 e. The van der Waals surface area contributed by atoms with Crippen LogP contribution in [0, 0.1) is 6.92 Å². The van der Waals surface area contributed by atoms with Crippen molar-refractivity contribution < 1.29 is 9.47 Å². The summed E-state index contributed by atoms with van der Waals surface area (Å²) in [7, 11) is 3.44. The van der Waals surface area contributed by atoms with Gasteiger partial charge in [0.1, 0.15) is 0 Å². The second kappa shape index (κ2) is 8.27. The van der Waals surface area contributed by atoms with E-state index in [1.165, 1.54) is 27.9 Å². The average molecular weight is 415 g/mol. The predicted octanol–water partition coefficient (Wildman–Crippen LogP) is 5.17. The first-order chi connectivity index (χ1) is 15.2. The fourth-order valence-corrected chi connectivity index (χ4v) is 5.20. The van der Waals surface area contributed by atoms with Gasteiger partial charge in [-0.25, -0.2) is 0 Å². The van der Waals surface area contributed by atoms with Crippen LogP contribution in [0.5, 0.6) is 11.5 Å². The fraction of sp³-hybridized carbons (Fsp3) is 0.333. The van der Waals surface area contributed by atoms with E-state index in [9.17, 15) is 0 Å². The van der Waals surface area contributed by atoms with E-state index in [0.29, 0.717) is 12.0 Å². The second-order valence-corrected chi connectivity index (χ2v) is 8.63. The third-order valence-corrected chi connectivity index (χ3v) is 6.80. The van der Waals surface area contributed by atoms with Crippen LogP contribution in [-0.2, 0) is 6.42 Å². The Balaban J connectivity index is 1.58. The van der Waals surface area contributed by atoms with Crippen LogP contribution in [0.4, 0.5) is 5.69 Å². The molecule has 3 aromatic carbocycles. The van der Waals surface area contributed by atoms with Crippen molar-refractivity contribution in [3.8, 4) is 11.5 Å². The molecular formula is C27H30N2O2. The van der Waals surface area contributed by atoms with Crippen LogP contribution in [0.25, 0.3) is 0 Å². The van der Waals surface area contributed by atoms with E-state index in [1.807, 2.05) is 0 Å². The first kappa shape index (κ1) is 20.0. The van der Waals surface area contributed by atoms with E-state index < -0.39 is 0 Å². The molecule has 0 amide bonds. The van der Waals surface area contributed by atoms with Crippen LogP contribution in [0.3, 0.4) is 0 Å². The van der Waals surface area contributed by atoms with Crippen molar-refractivity contribution in [2.24, 2.45) is 0 Å². The summed E-state index contributed by atoms with van der Waals surface area (Å²) in [5.74, 6) is 2.01. The van der Waals surface area contributed by atoms with E-state index in [4.69, 9.17) is 9.47 Å². The average Bonchev–Trinajstić information content (AvgIpc) is 2.83. The van der Waals surface area contributed by atoms with Crippen LogP contribution < -0.4 is 14.4 Å². The second-order valence-electron chi connectivity index (χ2n) is 8.63. The molecule has 0 aromatic heterocycles. The van der Waals surface area contributed by atoms with Gasteiger partial charge < -0.3 is 14.4 Å². The number of hydrogen-bond acceptors (Lipinski definition) is 4. The largest absolute Gasteiger partial charge is 0.493 e. The van der Waals surface area contributed by atoms with Gasteiger partial charge in [-0.05, 0) is 54.3 Å². The molecule has 2 aliphatic heterocycles. The van der Waals surface area contributed by atoms with Gasteiger partial charge in [-0.1, -0.05) is 48.0 Å². The van der Waals surface area contributed by atoms with Gasteiger partial charge in [-0.15, -0.1) is 0 Å². The summed E-state index contributed by atoms with van der Waals surface area (Å²) < 4.78 is 11.3. The Kier molecular flexibility index (Phi) is 5.33. The summed E-state index contributed by atoms with van der Waals surface area (Å²) in [5.41, 5.74) is 6.73. The molecule has 5 rings (SSSR count). The van der Waals surface area contributed by atoms with Crippen molar-refractivity contribution in [3.63, 3.8) is 0 Å². The Morgan fingerprint density at radius 1 is 0.871 bits per heavy atom. The van der Waals surface area contributed by atoms with Crippen molar-refractivity contribution >= 4 is 5.69 Å². The summed E-state index contributed by atoms with van der Waals surface area (Å²) in [4.78, 5) is 5.16. The van der Waals surface area contributed by atoms with Crippen LogP contribution in [0.15, 0.2) is 66.7 Å². The van der Waals surface area contributed by atoms with Gasteiger partial charge in [0.15, 0.2) is 11.5 Å². The van der Waals surface area contributed by atoms with Crippen molar-refractivity contribution in [2.75, 3.05) is 38.9 Å². The first-order valence-electron chi connectivity index (χ1n) is 11.0. The highest BCUT2D eigenvalue weighted by Crippen LogP contribution is 2.47. The predicted molar refractivity (Wildman–Crippen MR) is 125 cm³/mol. The quantitative estimate of drug-likeness (QED) is 0.588. The lowest BCUT2D eigenvalue weighted by molar-refractivity contribution is 0.128. The molecule has 0 saturated carbocycles. The molecule has 1 saturated heterocycles. The maximum Gasteiger partial charge on any atom is 0.161 e. The summed E-state index contributed by atoms with van der Waals surface area (Å²) in [5, 5.41) is 0. The Labute approximate surface area is 185 Å². The van der Waals surface area contributed by atoms with Crippen LogP contribution in [0.1, 0.15) is 34.2 Å². The highest BCUT2D eigenvalue weighted by molar-refractivity contribution is 5.53. The molecule has 3 aromatic rings. The fourth-order valence-electron chi connectivity index (χ4n) is 5.20. The maximum atomic E-state index is 5.67. The summed E-state index contributed by atoms with van der Waals surface area (Å²) in [6.45, 7) is 5.11. The van der Waals surface area contributed by atoms with Crippen molar-refractivity contribution in [2.45, 2.75) is 25.3 Å². The molecule has 0 aliphatic carbocycles. The number of aryl methyl sites for hydroxylation is 1. The molecular weight excluding hydrogens is 384 g/mol. The van der Waals surface area contributed by atoms with Gasteiger partial charge >= 0.3 is 0 Å².